The van der Waals surface area contributed by atoms with Crippen molar-refractivity contribution < 1.29 is 0 Å². The Balaban J connectivity index is 0.00000449. The van der Waals surface area contributed by atoms with Gasteiger partial charge in [-0.25, -0.2) is 0 Å². The van der Waals surface area contributed by atoms with E-state index < -0.39 is 0 Å². The van der Waals surface area contributed by atoms with Crippen LogP contribution in [0.15, 0.2) is 243 Å². The quantitative estimate of drug-likeness (QED) is 0.145. The number of para-hydroxylation sites is 2. The van der Waals surface area contributed by atoms with Gasteiger partial charge in [0.25, 0.3) is 0 Å². The van der Waals surface area contributed by atoms with Crippen LogP contribution in [0.25, 0.3) is 54.9 Å². The summed E-state index contributed by atoms with van der Waals surface area (Å²) in [6.07, 6.45) is 0. The topological polar surface area (TPSA) is 6.48 Å². The molecule has 282 valence electrons. The average molecular weight is 757 g/mol. The Morgan fingerprint density at radius 2 is 0.475 bits per heavy atom. The van der Waals surface area contributed by atoms with Gasteiger partial charge in [-0.2, -0.15) is 0 Å². The monoisotopic (exact) mass is 756 g/mol. The lowest BCUT2D eigenvalue weighted by Crippen LogP contribution is -2.10. The lowest BCUT2D eigenvalue weighted by atomic mass is 9.98. The van der Waals surface area contributed by atoms with Gasteiger partial charge in [-0.3, -0.25) is 0 Å². The van der Waals surface area contributed by atoms with E-state index in [0.29, 0.717) is 0 Å². The predicted molar refractivity (Wildman–Crippen MR) is 254 cm³/mol. The van der Waals surface area contributed by atoms with E-state index in [1.54, 1.807) is 0 Å². The molecule has 0 aliphatic heterocycles. The Hall–Kier alpha value is -7.68. The summed E-state index contributed by atoms with van der Waals surface area (Å²) in [7, 11) is 0. The summed E-state index contributed by atoms with van der Waals surface area (Å²) < 4.78 is 0. The molecule has 0 aromatic heterocycles. The van der Waals surface area contributed by atoms with Gasteiger partial charge >= 0.3 is 0 Å². The molecule has 0 N–H and O–H groups in total. The van der Waals surface area contributed by atoms with Crippen LogP contribution < -0.4 is 9.80 Å². The second-order valence-corrected chi connectivity index (χ2v) is 14.6. The zero-order valence-corrected chi connectivity index (χ0v) is 32.0. The van der Waals surface area contributed by atoms with Crippen LogP contribution in [-0.2, 0) is 0 Å². The molecule has 10 aromatic rings. The van der Waals surface area contributed by atoms with Crippen LogP contribution >= 0.6 is 0 Å². The van der Waals surface area contributed by atoms with E-state index in [1.807, 2.05) is 0 Å². The van der Waals surface area contributed by atoms with Crippen LogP contribution in [-0.4, -0.2) is 0 Å². The Morgan fingerprint density at radius 1 is 0.203 bits per heavy atom. The molecule has 2 nitrogen and oxygen atoms in total. The van der Waals surface area contributed by atoms with E-state index in [1.165, 1.54) is 54.9 Å². The van der Waals surface area contributed by atoms with Crippen molar-refractivity contribution in [2.24, 2.45) is 0 Å². The van der Waals surface area contributed by atoms with Crippen molar-refractivity contribution in [3.63, 3.8) is 0 Å². The number of anilines is 6. The van der Waals surface area contributed by atoms with Crippen LogP contribution in [0.4, 0.5) is 34.1 Å². The smallest absolute Gasteiger partial charge is 0.0462 e. The minimum atomic E-state index is 0. The molecule has 59 heavy (non-hydrogen) atoms. The van der Waals surface area contributed by atoms with E-state index >= 15 is 0 Å². The van der Waals surface area contributed by atoms with Crippen molar-refractivity contribution in [3.8, 4) is 33.4 Å². The third-order valence-corrected chi connectivity index (χ3v) is 11.1. The highest BCUT2D eigenvalue weighted by Gasteiger charge is 2.16. The molecular weight excluding hydrogens is 713 g/mol. The summed E-state index contributed by atoms with van der Waals surface area (Å²) in [6.45, 7) is 0. The summed E-state index contributed by atoms with van der Waals surface area (Å²) in [5, 5.41) is 5.03. The first-order valence-electron chi connectivity index (χ1n) is 19.8. The van der Waals surface area contributed by atoms with Crippen LogP contribution in [0.5, 0.6) is 0 Å². The van der Waals surface area contributed by atoms with Gasteiger partial charge in [-0.15, -0.1) is 0 Å². The Kier molecular flexibility index (Phi) is 10.3. The van der Waals surface area contributed by atoms with Crippen LogP contribution in [0, 0.1) is 0 Å². The molecule has 0 heterocycles. The SMILES string of the molecule is C.c1ccc(N(c2ccc(-c3ccc(N(c4ccccc4)c4ccc(-c5cccc6ccccc56)cc4)cc3)cc2)c2ccc(-c3cccc4ccccc34)cc2)cc1. The maximum absolute atomic E-state index is 2.32. The van der Waals surface area contributed by atoms with Gasteiger partial charge in [0.05, 0.1) is 0 Å². The van der Waals surface area contributed by atoms with Crippen molar-refractivity contribution in [2.45, 2.75) is 7.43 Å². The minimum Gasteiger partial charge on any atom is -0.311 e. The number of rotatable bonds is 9. The van der Waals surface area contributed by atoms with Crippen LogP contribution in [0.3, 0.4) is 0 Å². The third kappa shape index (κ3) is 7.36. The number of benzene rings is 10. The fourth-order valence-corrected chi connectivity index (χ4v) is 8.19. The second kappa shape index (κ2) is 16.4. The maximum Gasteiger partial charge on any atom is 0.0462 e. The summed E-state index contributed by atoms with van der Waals surface area (Å²) in [6, 6.07) is 87.1. The molecule has 0 amide bonds. The molecule has 0 radical (unpaired) electrons. The number of hydrogen-bond donors (Lipinski definition) is 0. The van der Waals surface area contributed by atoms with E-state index in [4.69, 9.17) is 0 Å². The van der Waals surface area contributed by atoms with Gasteiger partial charge in [0, 0.05) is 34.1 Å². The normalized spacial score (nSPS) is 10.9. The van der Waals surface area contributed by atoms with Crippen molar-refractivity contribution in [1.82, 2.24) is 0 Å². The highest BCUT2D eigenvalue weighted by Crippen LogP contribution is 2.40. The summed E-state index contributed by atoms with van der Waals surface area (Å²) in [5.41, 5.74) is 13.9. The Labute approximate surface area is 347 Å². The average Bonchev–Trinajstić information content (AvgIpc) is 3.30. The minimum absolute atomic E-state index is 0. The van der Waals surface area contributed by atoms with Gasteiger partial charge in [-0.05, 0) is 128 Å². The first-order chi connectivity index (χ1) is 28.8. The van der Waals surface area contributed by atoms with Gasteiger partial charge in [0.2, 0.25) is 0 Å². The van der Waals surface area contributed by atoms with Gasteiger partial charge < -0.3 is 9.80 Å². The highest BCUT2D eigenvalue weighted by atomic mass is 15.1. The van der Waals surface area contributed by atoms with E-state index in [-0.39, 0.29) is 7.43 Å². The molecule has 10 rings (SSSR count). The molecule has 0 unspecified atom stereocenters. The number of fused-ring (bicyclic) bond motifs is 2. The zero-order valence-electron chi connectivity index (χ0n) is 32.0. The molecule has 0 atom stereocenters. The molecule has 10 aromatic carbocycles. The molecule has 0 spiro atoms. The number of hydrogen-bond acceptors (Lipinski definition) is 2. The van der Waals surface area contributed by atoms with Gasteiger partial charge in [-0.1, -0.05) is 177 Å². The third-order valence-electron chi connectivity index (χ3n) is 11.1. The van der Waals surface area contributed by atoms with Gasteiger partial charge in [0.1, 0.15) is 0 Å². The predicted octanol–water partition coefficient (Wildman–Crippen LogP) is 16.6. The Morgan fingerprint density at radius 3 is 0.831 bits per heavy atom. The van der Waals surface area contributed by atoms with Crippen LogP contribution in [0.1, 0.15) is 7.43 Å². The number of nitrogens with zero attached hydrogens (tertiary/aromatic N) is 2. The second-order valence-electron chi connectivity index (χ2n) is 14.6. The van der Waals surface area contributed by atoms with Crippen molar-refractivity contribution >= 4 is 55.7 Å². The molecule has 2 heteroatoms. The maximum atomic E-state index is 2.32. The highest BCUT2D eigenvalue weighted by molar-refractivity contribution is 5.98. The first kappa shape index (κ1) is 36.9. The Bertz CT molecular complexity index is 2740. The molecule has 0 aliphatic carbocycles. The molecule has 0 saturated heterocycles. The van der Waals surface area contributed by atoms with Gasteiger partial charge in [0.15, 0.2) is 0 Å². The van der Waals surface area contributed by atoms with Crippen molar-refractivity contribution in [1.29, 1.82) is 0 Å². The molecule has 0 aliphatic rings. The fraction of sp³-hybridized carbons (Fsp3) is 0.0175. The summed E-state index contributed by atoms with van der Waals surface area (Å²) >= 11 is 0. The summed E-state index contributed by atoms with van der Waals surface area (Å²) in [5.74, 6) is 0. The van der Waals surface area contributed by atoms with E-state index in [9.17, 15) is 0 Å². The largest absolute Gasteiger partial charge is 0.311 e. The van der Waals surface area contributed by atoms with E-state index in [2.05, 4.69) is 252 Å². The van der Waals surface area contributed by atoms with E-state index in [0.717, 1.165) is 34.1 Å². The zero-order chi connectivity index (χ0) is 38.7. The lowest BCUT2D eigenvalue weighted by molar-refractivity contribution is 1.28. The fourth-order valence-electron chi connectivity index (χ4n) is 8.19. The summed E-state index contributed by atoms with van der Waals surface area (Å²) in [4.78, 5) is 4.64. The molecule has 0 fully saturated rings. The standard InChI is InChI=1S/C56H40N2.CH4/c1-3-17-47(18-4-1)57(51-37-29-45(30-38-51)55-23-11-15-43-13-7-9-21-53(43)55)49-33-25-41(26-34-49)42-27-35-50(36-28-42)58(48-19-5-2-6-20-48)52-39-31-46(32-40-52)56-24-12-16-44-14-8-10-22-54(44)56;/h1-40H;1H4. The molecule has 0 bridgehead atoms. The molecule has 0 saturated carbocycles. The lowest BCUT2D eigenvalue weighted by Gasteiger charge is -2.26. The van der Waals surface area contributed by atoms with Crippen molar-refractivity contribution in [3.05, 3.63) is 243 Å². The van der Waals surface area contributed by atoms with Crippen molar-refractivity contribution in [2.75, 3.05) is 9.80 Å². The van der Waals surface area contributed by atoms with Crippen LogP contribution in [0.2, 0.25) is 0 Å². The molecular formula is C57H44N2. The first-order valence-corrected chi connectivity index (χ1v) is 19.8.